The molecule has 0 amide bonds. The van der Waals surface area contributed by atoms with E-state index in [4.69, 9.17) is 0 Å². The molecule has 20 heavy (non-hydrogen) atoms. The van der Waals surface area contributed by atoms with Crippen LogP contribution in [0, 0.1) is 19.8 Å². The van der Waals surface area contributed by atoms with E-state index in [0.29, 0.717) is 5.82 Å². The minimum Gasteiger partial charge on any atom is -0.480 e. The van der Waals surface area contributed by atoms with Crippen molar-refractivity contribution < 1.29 is 9.90 Å². The molecule has 0 aromatic carbocycles. The molecule has 0 fully saturated rings. The van der Waals surface area contributed by atoms with E-state index in [0.717, 1.165) is 22.2 Å². The standard InChI is InChI=1S/C14H19N3O2S/c1-5-7(2)11(14(18)19)17-12-10-8(3)9(4)20-13(10)16-6-15-12/h6-7,11H,5H2,1-4H3,(H,18,19)(H,15,16,17)/t7-,11-/m0/s1. The SMILES string of the molecule is CC[C@H](C)[C@H](Nc1ncnc2sc(C)c(C)c12)C(=O)O. The molecule has 0 spiro atoms. The summed E-state index contributed by atoms with van der Waals surface area (Å²) in [5.74, 6) is -0.210. The van der Waals surface area contributed by atoms with E-state index in [-0.39, 0.29) is 5.92 Å². The molecule has 0 radical (unpaired) electrons. The number of carboxylic acid groups (broad SMARTS) is 1. The lowest BCUT2D eigenvalue weighted by atomic mass is 9.99. The summed E-state index contributed by atoms with van der Waals surface area (Å²) in [7, 11) is 0. The topological polar surface area (TPSA) is 75.1 Å². The molecule has 2 aromatic heterocycles. The monoisotopic (exact) mass is 293 g/mol. The summed E-state index contributed by atoms with van der Waals surface area (Å²) in [4.78, 5) is 22.0. The summed E-state index contributed by atoms with van der Waals surface area (Å²) in [5, 5.41) is 13.4. The Labute approximate surface area is 122 Å². The van der Waals surface area contributed by atoms with Crippen LogP contribution in [-0.2, 0) is 4.79 Å². The van der Waals surface area contributed by atoms with Gasteiger partial charge in [0.1, 0.15) is 23.0 Å². The summed E-state index contributed by atoms with van der Waals surface area (Å²) in [6.07, 6.45) is 2.27. The largest absolute Gasteiger partial charge is 0.480 e. The lowest BCUT2D eigenvalue weighted by Gasteiger charge is -2.21. The molecule has 0 saturated heterocycles. The molecular weight excluding hydrogens is 274 g/mol. The highest BCUT2D eigenvalue weighted by molar-refractivity contribution is 7.18. The Balaban J connectivity index is 2.45. The van der Waals surface area contributed by atoms with Crippen LogP contribution >= 0.6 is 11.3 Å². The molecule has 5 nitrogen and oxygen atoms in total. The van der Waals surface area contributed by atoms with Crippen LogP contribution in [0.5, 0.6) is 0 Å². The molecule has 0 unspecified atom stereocenters. The fraction of sp³-hybridized carbons (Fsp3) is 0.500. The van der Waals surface area contributed by atoms with Crippen molar-refractivity contribution in [2.75, 3.05) is 5.32 Å². The van der Waals surface area contributed by atoms with Gasteiger partial charge in [-0.05, 0) is 25.3 Å². The van der Waals surface area contributed by atoms with E-state index in [1.54, 1.807) is 11.3 Å². The number of carboxylic acids is 1. The average Bonchev–Trinajstić information content (AvgIpc) is 2.71. The van der Waals surface area contributed by atoms with Crippen LogP contribution in [0.2, 0.25) is 0 Å². The molecule has 0 aliphatic rings. The van der Waals surface area contributed by atoms with E-state index < -0.39 is 12.0 Å². The predicted molar refractivity (Wildman–Crippen MR) is 81.4 cm³/mol. The van der Waals surface area contributed by atoms with Gasteiger partial charge in [-0.15, -0.1) is 11.3 Å². The number of rotatable bonds is 5. The van der Waals surface area contributed by atoms with Crippen molar-refractivity contribution in [3.8, 4) is 0 Å². The maximum Gasteiger partial charge on any atom is 0.326 e. The number of thiophene rings is 1. The van der Waals surface area contributed by atoms with E-state index in [1.807, 2.05) is 27.7 Å². The molecule has 108 valence electrons. The average molecular weight is 293 g/mol. The first-order chi connectivity index (χ1) is 9.45. The fourth-order valence-corrected chi connectivity index (χ4v) is 3.12. The first-order valence-electron chi connectivity index (χ1n) is 6.65. The van der Waals surface area contributed by atoms with Crippen LogP contribution in [0.15, 0.2) is 6.33 Å². The van der Waals surface area contributed by atoms with Crippen molar-refractivity contribution in [2.24, 2.45) is 5.92 Å². The van der Waals surface area contributed by atoms with Crippen molar-refractivity contribution in [1.82, 2.24) is 9.97 Å². The summed E-state index contributed by atoms with van der Waals surface area (Å²) in [6.45, 7) is 7.96. The van der Waals surface area contributed by atoms with Crippen LogP contribution in [-0.4, -0.2) is 27.1 Å². The smallest absolute Gasteiger partial charge is 0.326 e. The number of aryl methyl sites for hydroxylation is 2. The van der Waals surface area contributed by atoms with Gasteiger partial charge in [0.05, 0.1) is 5.39 Å². The van der Waals surface area contributed by atoms with Crippen LogP contribution in [0.25, 0.3) is 10.2 Å². The van der Waals surface area contributed by atoms with Gasteiger partial charge in [0.2, 0.25) is 0 Å². The maximum absolute atomic E-state index is 11.4. The predicted octanol–water partition coefficient (Wildman–Crippen LogP) is 3.22. The molecule has 6 heteroatoms. The lowest BCUT2D eigenvalue weighted by molar-refractivity contribution is -0.139. The molecular formula is C14H19N3O2S. The Kier molecular flexibility index (Phi) is 4.23. The first-order valence-corrected chi connectivity index (χ1v) is 7.47. The van der Waals surface area contributed by atoms with Crippen molar-refractivity contribution in [3.05, 3.63) is 16.8 Å². The van der Waals surface area contributed by atoms with Gasteiger partial charge in [0, 0.05) is 4.88 Å². The zero-order chi connectivity index (χ0) is 14.9. The fourth-order valence-electron chi connectivity index (χ4n) is 2.12. The first kappa shape index (κ1) is 14.7. The summed E-state index contributed by atoms with van der Waals surface area (Å²) in [5.41, 5.74) is 1.11. The molecule has 2 atom stereocenters. The van der Waals surface area contributed by atoms with Crippen LogP contribution in [0.1, 0.15) is 30.7 Å². The van der Waals surface area contributed by atoms with Crippen LogP contribution in [0.3, 0.4) is 0 Å². The van der Waals surface area contributed by atoms with E-state index in [1.165, 1.54) is 11.2 Å². The quantitative estimate of drug-likeness (QED) is 0.885. The van der Waals surface area contributed by atoms with Gasteiger partial charge in [-0.25, -0.2) is 14.8 Å². The van der Waals surface area contributed by atoms with Gasteiger partial charge >= 0.3 is 5.97 Å². The van der Waals surface area contributed by atoms with Gasteiger partial charge in [0.15, 0.2) is 0 Å². The Morgan fingerprint density at radius 1 is 1.45 bits per heavy atom. The van der Waals surface area contributed by atoms with E-state index >= 15 is 0 Å². The number of hydrogen-bond acceptors (Lipinski definition) is 5. The molecule has 2 heterocycles. The number of fused-ring (bicyclic) bond motifs is 1. The zero-order valence-electron chi connectivity index (χ0n) is 12.1. The number of nitrogens with zero attached hydrogens (tertiary/aromatic N) is 2. The van der Waals surface area contributed by atoms with Crippen molar-refractivity contribution in [1.29, 1.82) is 0 Å². The minimum atomic E-state index is -0.851. The molecule has 0 aliphatic carbocycles. The summed E-state index contributed by atoms with van der Waals surface area (Å²) < 4.78 is 0. The molecule has 0 bridgehead atoms. The Morgan fingerprint density at radius 2 is 2.15 bits per heavy atom. The Bertz CT molecular complexity index is 639. The highest BCUT2D eigenvalue weighted by Gasteiger charge is 2.25. The van der Waals surface area contributed by atoms with Crippen LogP contribution < -0.4 is 5.32 Å². The normalized spacial score (nSPS) is 14.2. The third-order valence-corrected chi connectivity index (χ3v) is 4.85. The van der Waals surface area contributed by atoms with Crippen molar-refractivity contribution in [2.45, 2.75) is 40.2 Å². The van der Waals surface area contributed by atoms with Gasteiger partial charge in [0.25, 0.3) is 0 Å². The maximum atomic E-state index is 11.4. The number of nitrogens with one attached hydrogen (secondary N) is 1. The third kappa shape index (κ3) is 2.60. The van der Waals surface area contributed by atoms with Gasteiger partial charge in [-0.1, -0.05) is 20.3 Å². The van der Waals surface area contributed by atoms with Gasteiger partial charge in [-0.2, -0.15) is 0 Å². The summed E-state index contributed by atoms with van der Waals surface area (Å²) in [6, 6.07) is -0.641. The zero-order valence-corrected chi connectivity index (χ0v) is 12.9. The lowest BCUT2D eigenvalue weighted by Crippen LogP contribution is -2.35. The Hall–Kier alpha value is -1.69. The summed E-state index contributed by atoms with van der Waals surface area (Å²) >= 11 is 1.60. The highest BCUT2D eigenvalue weighted by Crippen LogP contribution is 2.33. The molecule has 0 aliphatic heterocycles. The molecule has 2 N–H and O–H groups in total. The number of carbonyl (C=O) groups is 1. The van der Waals surface area contributed by atoms with Crippen LogP contribution in [0.4, 0.5) is 5.82 Å². The van der Waals surface area contributed by atoms with Crippen molar-refractivity contribution >= 4 is 33.3 Å². The van der Waals surface area contributed by atoms with Crippen molar-refractivity contribution in [3.63, 3.8) is 0 Å². The number of hydrogen-bond donors (Lipinski definition) is 2. The second kappa shape index (κ2) is 5.75. The van der Waals surface area contributed by atoms with Gasteiger partial charge in [-0.3, -0.25) is 0 Å². The Morgan fingerprint density at radius 3 is 2.75 bits per heavy atom. The molecule has 2 rings (SSSR count). The molecule has 2 aromatic rings. The third-order valence-electron chi connectivity index (χ3n) is 3.74. The van der Waals surface area contributed by atoms with E-state index in [2.05, 4.69) is 15.3 Å². The van der Waals surface area contributed by atoms with E-state index in [9.17, 15) is 9.90 Å². The number of aliphatic carboxylic acids is 1. The number of anilines is 1. The second-order valence-corrected chi connectivity index (χ2v) is 6.23. The minimum absolute atomic E-state index is 0.0255. The highest BCUT2D eigenvalue weighted by atomic mass is 32.1. The second-order valence-electron chi connectivity index (χ2n) is 5.03. The molecule has 0 saturated carbocycles. The van der Waals surface area contributed by atoms with Gasteiger partial charge < -0.3 is 10.4 Å². The number of aromatic nitrogens is 2.